The first-order valence-corrected chi connectivity index (χ1v) is 6.02. The number of aliphatic hydroxyl groups is 1. The second-order valence-corrected chi connectivity index (χ2v) is 4.46. The second kappa shape index (κ2) is 7.14. The minimum absolute atomic E-state index is 0.0689. The Labute approximate surface area is 95.6 Å². The minimum atomic E-state index is -2.34. The molecule has 1 aliphatic rings. The van der Waals surface area contributed by atoms with Gasteiger partial charge in [-0.15, -0.1) is 0 Å². The average Bonchev–Trinajstić information content (AvgIpc) is 2.28. The molecule has 0 aromatic rings. The molecule has 1 fully saturated rings. The zero-order valence-electron chi connectivity index (χ0n) is 9.62. The van der Waals surface area contributed by atoms with E-state index in [1.54, 1.807) is 4.90 Å². The Morgan fingerprint density at radius 2 is 2.00 bits per heavy atom. The van der Waals surface area contributed by atoms with Crippen molar-refractivity contribution >= 4 is 0 Å². The van der Waals surface area contributed by atoms with Crippen molar-refractivity contribution in [2.75, 3.05) is 26.2 Å². The molecule has 1 rings (SSSR count). The zero-order chi connectivity index (χ0) is 12.0. The van der Waals surface area contributed by atoms with Gasteiger partial charge in [0.05, 0.1) is 13.2 Å². The monoisotopic (exact) mass is 236 g/mol. The van der Waals surface area contributed by atoms with E-state index in [9.17, 15) is 8.78 Å². The summed E-state index contributed by atoms with van der Waals surface area (Å²) in [6, 6.07) is 0.125. The maximum Gasteiger partial charge on any atom is 0.251 e. The van der Waals surface area contributed by atoms with E-state index < -0.39 is 6.43 Å². The lowest BCUT2D eigenvalue weighted by Gasteiger charge is -2.39. The fourth-order valence-corrected chi connectivity index (χ4v) is 2.64. The van der Waals surface area contributed by atoms with E-state index in [2.05, 4.69) is 0 Å². The summed E-state index contributed by atoms with van der Waals surface area (Å²) in [5, 5.41) is 8.92. The molecule has 0 heterocycles. The Morgan fingerprint density at radius 1 is 1.31 bits per heavy atom. The second-order valence-electron chi connectivity index (χ2n) is 4.46. The van der Waals surface area contributed by atoms with Gasteiger partial charge in [-0.2, -0.15) is 0 Å². The number of aliphatic hydroxyl groups excluding tert-OH is 1. The number of nitrogens with two attached hydrogens (primary N) is 1. The van der Waals surface area contributed by atoms with Crippen molar-refractivity contribution in [2.45, 2.75) is 38.2 Å². The summed E-state index contributed by atoms with van der Waals surface area (Å²) < 4.78 is 24.9. The lowest BCUT2D eigenvalue weighted by Crippen LogP contribution is -2.48. The highest BCUT2D eigenvalue weighted by Crippen LogP contribution is 2.28. The largest absolute Gasteiger partial charge is 0.395 e. The van der Waals surface area contributed by atoms with Crippen molar-refractivity contribution in [3.8, 4) is 0 Å². The summed E-state index contributed by atoms with van der Waals surface area (Å²) in [4.78, 5) is 1.71. The van der Waals surface area contributed by atoms with Gasteiger partial charge in [0.2, 0.25) is 0 Å². The molecule has 2 atom stereocenters. The first-order chi connectivity index (χ1) is 7.69. The van der Waals surface area contributed by atoms with E-state index in [-0.39, 0.29) is 19.2 Å². The third-order valence-electron chi connectivity index (χ3n) is 3.40. The first-order valence-electron chi connectivity index (χ1n) is 6.02. The molecule has 5 heteroatoms. The summed E-state index contributed by atoms with van der Waals surface area (Å²) in [6.07, 6.45) is 1.82. The lowest BCUT2D eigenvalue weighted by molar-refractivity contribution is 0.0255. The first kappa shape index (κ1) is 13.8. The summed E-state index contributed by atoms with van der Waals surface area (Å²) in [6.45, 7) is 0.559. The van der Waals surface area contributed by atoms with Crippen molar-refractivity contribution in [1.82, 2.24) is 4.90 Å². The minimum Gasteiger partial charge on any atom is -0.395 e. The van der Waals surface area contributed by atoms with E-state index in [0.29, 0.717) is 19.0 Å². The molecule has 0 amide bonds. The van der Waals surface area contributed by atoms with Crippen LogP contribution in [0.15, 0.2) is 0 Å². The molecule has 0 aliphatic heterocycles. The molecule has 1 saturated carbocycles. The highest BCUT2D eigenvalue weighted by Gasteiger charge is 2.30. The van der Waals surface area contributed by atoms with Crippen molar-refractivity contribution in [3.05, 3.63) is 0 Å². The van der Waals surface area contributed by atoms with E-state index in [1.807, 2.05) is 0 Å². The average molecular weight is 236 g/mol. The molecular formula is C11H22F2N2O. The van der Waals surface area contributed by atoms with Crippen LogP contribution in [0.4, 0.5) is 8.78 Å². The Hall–Kier alpha value is -0.260. The normalized spacial score (nSPS) is 26.6. The number of halogens is 2. The maximum absolute atomic E-state index is 12.4. The van der Waals surface area contributed by atoms with Crippen molar-refractivity contribution in [1.29, 1.82) is 0 Å². The molecule has 16 heavy (non-hydrogen) atoms. The van der Waals surface area contributed by atoms with Gasteiger partial charge in [0.15, 0.2) is 0 Å². The maximum atomic E-state index is 12.4. The van der Waals surface area contributed by atoms with Crippen LogP contribution < -0.4 is 5.73 Å². The predicted octanol–water partition coefficient (Wildman–Crippen LogP) is 1.06. The number of nitrogens with zero attached hydrogens (tertiary/aromatic N) is 1. The Balaban J connectivity index is 2.58. The molecule has 0 saturated heterocycles. The molecule has 0 bridgehead atoms. The van der Waals surface area contributed by atoms with Crippen LogP contribution in [-0.4, -0.2) is 48.7 Å². The van der Waals surface area contributed by atoms with E-state index in [1.165, 1.54) is 0 Å². The number of hydrogen-bond donors (Lipinski definition) is 2. The van der Waals surface area contributed by atoms with Gasteiger partial charge < -0.3 is 10.8 Å². The van der Waals surface area contributed by atoms with Gasteiger partial charge in [-0.25, -0.2) is 8.78 Å². The van der Waals surface area contributed by atoms with Crippen LogP contribution in [0.1, 0.15) is 25.7 Å². The third kappa shape index (κ3) is 3.96. The lowest BCUT2D eigenvalue weighted by atomic mass is 9.83. The summed E-state index contributed by atoms with van der Waals surface area (Å²) >= 11 is 0. The molecule has 3 N–H and O–H groups in total. The summed E-state index contributed by atoms with van der Waals surface area (Å²) in [5.41, 5.74) is 5.68. The van der Waals surface area contributed by atoms with Gasteiger partial charge in [-0.3, -0.25) is 4.90 Å². The van der Waals surface area contributed by atoms with Crippen LogP contribution >= 0.6 is 0 Å². The van der Waals surface area contributed by atoms with Gasteiger partial charge in [-0.1, -0.05) is 12.8 Å². The van der Waals surface area contributed by atoms with Crippen LogP contribution in [0.3, 0.4) is 0 Å². The van der Waals surface area contributed by atoms with Gasteiger partial charge >= 0.3 is 0 Å². The molecule has 0 radical (unpaired) electrons. The Morgan fingerprint density at radius 3 is 2.56 bits per heavy atom. The fourth-order valence-electron chi connectivity index (χ4n) is 2.64. The Bertz CT molecular complexity index is 193. The predicted molar refractivity (Wildman–Crippen MR) is 59.5 cm³/mol. The smallest absolute Gasteiger partial charge is 0.251 e. The highest BCUT2D eigenvalue weighted by atomic mass is 19.3. The van der Waals surface area contributed by atoms with Gasteiger partial charge in [0.1, 0.15) is 0 Å². The summed E-state index contributed by atoms with van der Waals surface area (Å²) in [5.74, 6) is 0.305. The van der Waals surface area contributed by atoms with Gasteiger partial charge in [-0.05, 0) is 25.3 Å². The molecular weight excluding hydrogens is 214 g/mol. The molecule has 1 aliphatic carbocycles. The highest BCUT2D eigenvalue weighted by molar-refractivity contribution is 4.84. The molecule has 3 nitrogen and oxygen atoms in total. The third-order valence-corrected chi connectivity index (χ3v) is 3.40. The van der Waals surface area contributed by atoms with Crippen LogP contribution in [0.2, 0.25) is 0 Å². The Kier molecular flexibility index (Phi) is 6.16. The van der Waals surface area contributed by atoms with Gasteiger partial charge in [0, 0.05) is 12.6 Å². The summed E-state index contributed by atoms with van der Waals surface area (Å²) in [7, 11) is 0. The topological polar surface area (TPSA) is 49.5 Å². The van der Waals surface area contributed by atoms with Crippen LogP contribution in [-0.2, 0) is 0 Å². The van der Waals surface area contributed by atoms with E-state index >= 15 is 0 Å². The van der Waals surface area contributed by atoms with E-state index in [0.717, 1.165) is 25.7 Å². The number of hydrogen-bond acceptors (Lipinski definition) is 3. The molecule has 2 unspecified atom stereocenters. The van der Waals surface area contributed by atoms with Crippen LogP contribution in [0, 0.1) is 5.92 Å². The molecule has 96 valence electrons. The number of rotatable bonds is 6. The number of alkyl halides is 2. The molecule has 0 aromatic carbocycles. The molecule has 0 aromatic heterocycles. The standard InChI is InChI=1S/C11H22F2N2O/c12-11(13)8-15(5-6-16)10-4-2-1-3-9(10)7-14/h9-11,16H,1-8,14H2. The van der Waals surface area contributed by atoms with Crippen molar-refractivity contribution < 1.29 is 13.9 Å². The van der Waals surface area contributed by atoms with Crippen molar-refractivity contribution in [3.63, 3.8) is 0 Å². The van der Waals surface area contributed by atoms with Crippen LogP contribution in [0.25, 0.3) is 0 Å². The zero-order valence-corrected chi connectivity index (χ0v) is 9.62. The van der Waals surface area contributed by atoms with Gasteiger partial charge in [0.25, 0.3) is 6.43 Å². The fraction of sp³-hybridized carbons (Fsp3) is 1.00. The van der Waals surface area contributed by atoms with Crippen LogP contribution in [0.5, 0.6) is 0 Å². The van der Waals surface area contributed by atoms with E-state index in [4.69, 9.17) is 10.8 Å². The van der Waals surface area contributed by atoms with Crippen molar-refractivity contribution in [2.24, 2.45) is 11.7 Å². The molecule has 0 spiro atoms. The SMILES string of the molecule is NCC1CCCCC1N(CCO)CC(F)F. The quantitative estimate of drug-likeness (QED) is 0.725.